The van der Waals surface area contributed by atoms with Gasteiger partial charge in [0.15, 0.2) is 5.60 Å². The number of aliphatic hydroxyl groups is 1. The molecule has 0 bridgehead atoms. The molecule has 1 atom stereocenters. The second-order valence-corrected chi connectivity index (χ2v) is 3.40. The zero-order chi connectivity index (χ0) is 11.3. The van der Waals surface area contributed by atoms with Crippen LogP contribution >= 0.6 is 0 Å². The van der Waals surface area contributed by atoms with Crippen LogP contribution in [0, 0.1) is 0 Å². The summed E-state index contributed by atoms with van der Waals surface area (Å²) in [6.45, 7) is 1.56. The molecule has 0 saturated carbocycles. The maximum absolute atomic E-state index is 10.5. The summed E-state index contributed by atoms with van der Waals surface area (Å²) in [4.78, 5) is 10.5. The number of carboxylic acid groups (broad SMARTS) is 1. The van der Waals surface area contributed by atoms with Gasteiger partial charge in [-0.3, -0.25) is 0 Å². The Labute approximate surface area is 87.0 Å². The first-order chi connectivity index (χ1) is 7.02. The average Bonchev–Trinajstić information content (AvgIpc) is 2.19. The van der Waals surface area contributed by atoms with E-state index in [9.17, 15) is 9.90 Å². The quantitative estimate of drug-likeness (QED) is 0.602. The Morgan fingerprint density at radius 1 is 1.67 bits per heavy atom. The molecule has 1 aromatic heterocycles. The molecule has 15 heavy (non-hydrogen) atoms. The number of nitrogens with zero attached hydrogens (tertiary/aromatic N) is 2. The van der Waals surface area contributed by atoms with Crippen molar-refractivity contribution in [3.8, 4) is 0 Å². The van der Waals surface area contributed by atoms with Gasteiger partial charge < -0.3 is 15.5 Å². The number of rotatable bonds is 5. The van der Waals surface area contributed by atoms with Crippen LogP contribution in [-0.2, 0) is 11.3 Å². The number of carboxylic acids is 1. The molecule has 0 saturated heterocycles. The van der Waals surface area contributed by atoms with E-state index in [1.807, 2.05) is 0 Å². The standard InChI is InChI=1S/C9H13N3O3/c1-9(15,8(13)14)6-10-5-7-3-2-4-11-12-7/h2-4,10,15H,5-6H2,1H3,(H,13,14). The van der Waals surface area contributed by atoms with Crippen LogP contribution in [-0.4, -0.2) is 38.5 Å². The fourth-order valence-electron chi connectivity index (χ4n) is 0.937. The van der Waals surface area contributed by atoms with E-state index in [2.05, 4.69) is 15.5 Å². The molecule has 0 aliphatic rings. The van der Waals surface area contributed by atoms with Gasteiger partial charge in [-0.15, -0.1) is 0 Å². The van der Waals surface area contributed by atoms with E-state index in [0.29, 0.717) is 12.2 Å². The summed E-state index contributed by atoms with van der Waals surface area (Å²) in [5.41, 5.74) is -1.07. The lowest BCUT2D eigenvalue weighted by atomic mass is 10.1. The minimum absolute atomic E-state index is 0.0428. The van der Waals surface area contributed by atoms with E-state index in [1.165, 1.54) is 6.92 Å². The van der Waals surface area contributed by atoms with E-state index in [4.69, 9.17) is 5.11 Å². The highest BCUT2D eigenvalue weighted by molar-refractivity contribution is 5.76. The molecule has 1 unspecified atom stereocenters. The van der Waals surface area contributed by atoms with Crippen molar-refractivity contribution < 1.29 is 15.0 Å². The van der Waals surface area contributed by atoms with Crippen LogP contribution in [0.15, 0.2) is 18.3 Å². The van der Waals surface area contributed by atoms with Crippen LogP contribution in [0.4, 0.5) is 0 Å². The number of nitrogens with one attached hydrogen (secondary N) is 1. The summed E-state index contributed by atoms with van der Waals surface area (Å²) >= 11 is 0. The van der Waals surface area contributed by atoms with Crippen LogP contribution in [0.2, 0.25) is 0 Å². The first kappa shape index (κ1) is 11.5. The van der Waals surface area contributed by atoms with Gasteiger partial charge in [-0.2, -0.15) is 10.2 Å². The van der Waals surface area contributed by atoms with Crippen LogP contribution in [0.1, 0.15) is 12.6 Å². The molecule has 0 spiro atoms. The third-order valence-corrected chi connectivity index (χ3v) is 1.86. The minimum atomic E-state index is -1.76. The average molecular weight is 211 g/mol. The van der Waals surface area contributed by atoms with Crippen molar-refractivity contribution in [1.82, 2.24) is 15.5 Å². The highest BCUT2D eigenvalue weighted by Gasteiger charge is 2.28. The second kappa shape index (κ2) is 4.81. The molecule has 0 amide bonds. The summed E-state index contributed by atoms with van der Waals surface area (Å²) in [7, 11) is 0. The van der Waals surface area contributed by atoms with Gasteiger partial charge in [0.05, 0.1) is 5.69 Å². The molecule has 0 aliphatic carbocycles. The molecule has 6 nitrogen and oxygen atoms in total. The molecule has 3 N–H and O–H groups in total. The zero-order valence-electron chi connectivity index (χ0n) is 8.34. The number of aromatic nitrogens is 2. The van der Waals surface area contributed by atoms with Crippen molar-refractivity contribution in [3.63, 3.8) is 0 Å². The predicted octanol–water partition coefficient (Wildman–Crippen LogP) is -0.598. The molecule has 1 heterocycles. The number of hydrogen-bond acceptors (Lipinski definition) is 5. The van der Waals surface area contributed by atoms with Gasteiger partial charge in [-0.25, -0.2) is 4.79 Å². The maximum atomic E-state index is 10.5. The minimum Gasteiger partial charge on any atom is -0.479 e. The molecule has 1 aromatic rings. The largest absolute Gasteiger partial charge is 0.479 e. The van der Waals surface area contributed by atoms with E-state index in [0.717, 1.165) is 0 Å². The number of carbonyl (C=O) groups is 1. The summed E-state index contributed by atoms with van der Waals surface area (Å²) in [6, 6.07) is 3.49. The molecule has 0 radical (unpaired) electrons. The SMILES string of the molecule is CC(O)(CNCc1cccnn1)C(=O)O. The molecule has 1 rings (SSSR count). The Morgan fingerprint density at radius 3 is 2.93 bits per heavy atom. The van der Waals surface area contributed by atoms with Gasteiger partial charge in [-0.1, -0.05) is 0 Å². The Bertz CT molecular complexity index is 327. The zero-order valence-corrected chi connectivity index (χ0v) is 8.34. The molecule has 0 aliphatic heterocycles. The normalized spacial score (nSPS) is 14.5. The highest BCUT2D eigenvalue weighted by Crippen LogP contribution is 2.01. The first-order valence-corrected chi connectivity index (χ1v) is 4.45. The number of hydrogen-bond donors (Lipinski definition) is 3. The van der Waals surface area contributed by atoms with Crippen LogP contribution < -0.4 is 5.32 Å². The Kier molecular flexibility index (Phi) is 3.70. The molecule has 82 valence electrons. The summed E-state index contributed by atoms with van der Waals surface area (Å²) in [5.74, 6) is -1.26. The highest BCUT2D eigenvalue weighted by atomic mass is 16.4. The topological polar surface area (TPSA) is 95.3 Å². The lowest BCUT2D eigenvalue weighted by molar-refractivity contribution is -0.156. The third-order valence-electron chi connectivity index (χ3n) is 1.86. The Hall–Kier alpha value is -1.53. The van der Waals surface area contributed by atoms with Crippen molar-refractivity contribution in [3.05, 3.63) is 24.0 Å². The van der Waals surface area contributed by atoms with E-state index in [-0.39, 0.29) is 6.54 Å². The van der Waals surface area contributed by atoms with Gasteiger partial charge in [0.2, 0.25) is 0 Å². The summed E-state index contributed by atoms with van der Waals surface area (Å²) in [6.07, 6.45) is 1.55. The van der Waals surface area contributed by atoms with Gasteiger partial charge in [0.1, 0.15) is 0 Å². The first-order valence-electron chi connectivity index (χ1n) is 4.45. The fraction of sp³-hybridized carbons (Fsp3) is 0.444. The lowest BCUT2D eigenvalue weighted by Gasteiger charge is -2.17. The lowest BCUT2D eigenvalue weighted by Crippen LogP contribution is -2.44. The van der Waals surface area contributed by atoms with E-state index < -0.39 is 11.6 Å². The molecule has 6 heteroatoms. The monoisotopic (exact) mass is 211 g/mol. The molecule has 0 aromatic carbocycles. The summed E-state index contributed by atoms with van der Waals surface area (Å²) < 4.78 is 0. The van der Waals surface area contributed by atoms with Gasteiger partial charge in [0.25, 0.3) is 0 Å². The van der Waals surface area contributed by atoms with Crippen molar-refractivity contribution in [2.75, 3.05) is 6.54 Å². The molecular formula is C9H13N3O3. The Balaban J connectivity index is 2.37. The fourth-order valence-corrected chi connectivity index (χ4v) is 0.937. The van der Waals surface area contributed by atoms with Crippen molar-refractivity contribution >= 4 is 5.97 Å². The Morgan fingerprint density at radius 2 is 2.40 bits per heavy atom. The van der Waals surface area contributed by atoms with Gasteiger partial charge in [-0.05, 0) is 19.1 Å². The number of aliphatic carboxylic acids is 1. The van der Waals surface area contributed by atoms with Crippen LogP contribution in [0.3, 0.4) is 0 Å². The summed E-state index contributed by atoms with van der Waals surface area (Å²) in [5, 5.41) is 28.2. The van der Waals surface area contributed by atoms with Crippen molar-refractivity contribution in [2.45, 2.75) is 19.1 Å². The second-order valence-electron chi connectivity index (χ2n) is 3.40. The predicted molar refractivity (Wildman–Crippen MR) is 52.0 cm³/mol. The van der Waals surface area contributed by atoms with E-state index >= 15 is 0 Å². The van der Waals surface area contributed by atoms with Crippen molar-refractivity contribution in [2.24, 2.45) is 0 Å². The van der Waals surface area contributed by atoms with Gasteiger partial charge in [0, 0.05) is 19.3 Å². The third kappa shape index (κ3) is 3.61. The molecule has 0 fully saturated rings. The van der Waals surface area contributed by atoms with E-state index in [1.54, 1.807) is 18.3 Å². The maximum Gasteiger partial charge on any atom is 0.336 e. The van der Waals surface area contributed by atoms with Gasteiger partial charge >= 0.3 is 5.97 Å². The van der Waals surface area contributed by atoms with Crippen LogP contribution in [0.5, 0.6) is 0 Å². The van der Waals surface area contributed by atoms with Crippen molar-refractivity contribution in [1.29, 1.82) is 0 Å². The smallest absolute Gasteiger partial charge is 0.336 e. The molecular weight excluding hydrogens is 198 g/mol. The van der Waals surface area contributed by atoms with Crippen LogP contribution in [0.25, 0.3) is 0 Å².